The first-order valence-electron chi connectivity index (χ1n) is 7.29. The highest BCUT2D eigenvalue weighted by Gasteiger charge is 2.29. The number of methoxy groups -OCH3 is 1. The Kier molecular flexibility index (Phi) is 6.38. The van der Waals surface area contributed by atoms with Crippen LogP contribution in [0.3, 0.4) is 0 Å². The molecule has 1 rings (SSSR count). The van der Waals surface area contributed by atoms with Crippen LogP contribution in [-0.4, -0.2) is 32.9 Å². The van der Waals surface area contributed by atoms with Crippen LogP contribution in [-0.2, 0) is 19.4 Å². The van der Waals surface area contributed by atoms with Gasteiger partial charge in [0.25, 0.3) is 0 Å². The predicted molar refractivity (Wildman–Crippen MR) is 89.2 cm³/mol. The average molecular weight is 340 g/mol. The second kappa shape index (κ2) is 7.64. The van der Waals surface area contributed by atoms with E-state index in [0.717, 1.165) is 0 Å². The highest BCUT2D eigenvalue weighted by atomic mass is 32.2. The Morgan fingerprint density at radius 3 is 2.26 bits per heavy atom. The van der Waals surface area contributed by atoms with Crippen LogP contribution < -0.4 is 4.74 Å². The number of benzene rings is 1. The summed E-state index contributed by atoms with van der Waals surface area (Å²) in [6.45, 7) is 8.82. The molecule has 5 nitrogen and oxygen atoms in total. The zero-order chi connectivity index (χ0) is 17.7. The van der Waals surface area contributed by atoms with Crippen LogP contribution in [0, 0.1) is 5.92 Å². The summed E-state index contributed by atoms with van der Waals surface area (Å²) in [5, 5.41) is 0. The van der Waals surface area contributed by atoms with Gasteiger partial charge in [-0.3, -0.25) is 4.79 Å². The van der Waals surface area contributed by atoms with Gasteiger partial charge in [0.15, 0.2) is 9.84 Å². The first-order valence-corrected chi connectivity index (χ1v) is 8.95. The minimum absolute atomic E-state index is 0.149. The monoisotopic (exact) mass is 340 g/mol. The summed E-state index contributed by atoms with van der Waals surface area (Å²) in [7, 11) is -2.11. The molecule has 0 unspecified atom stereocenters. The SMILES string of the molecule is C=CC[C@H](CS(=O)(=O)c1ccc(OC)cc1)C(=O)OC(C)(C)C. The van der Waals surface area contributed by atoms with Crippen molar-refractivity contribution in [2.24, 2.45) is 5.92 Å². The summed E-state index contributed by atoms with van der Waals surface area (Å²) in [6, 6.07) is 6.08. The van der Waals surface area contributed by atoms with E-state index in [4.69, 9.17) is 9.47 Å². The first-order chi connectivity index (χ1) is 10.6. The molecule has 1 atom stereocenters. The smallest absolute Gasteiger partial charge is 0.310 e. The van der Waals surface area contributed by atoms with Gasteiger partial charge in [-0.15, -0.1) is 6.58 Å². The summed E-state index contributed by atoms with van der Waals surface area (Å²) < 4.78 is 35.3. The highest BCUT2D eigenvalue weighted by molar-refractivity contribution is 7.91. The number of allylic oxidation sites excluding steroid dienone is 1. The van der Waals surface area contributed by atoms with Gasteiger partial charge < -0.3 is 9.47 Å². The van der Waals surface area contributed by atoms with Crippen LogP contribution in [0.4, 0.5) is 0 Å². The lowest BCUT2D eigenvalue weighted by Gasteiger charge is -2.23. The molecule has 0 amide bonds. The largest absolute Gasteiger partial charge is 0.497 e. The van der Waals surface area contributed by atoms with Crippen LogP contribution in [0.15, 0.2) is 41.8 Å². The third-order valence-corrected chi connectivity index (χ3v) is 4.86. The Labute approximate surface area is 138 Å². The number of carbonyl (C=O) groups excluding carboxylic acids is 1. The molecule has 0 N–H and O–H groups in total. The second-order valence-electron chi connectivity index (χ2n) is 6.21. The Morgan fingerprint density at radius 1 is 1.26 bits per heavy atom. The second-order valence-corrected chi connectivity index (χ2v) is 8.25. The lowest BCUT2D eigenvalue weighted by molar-refractivity contribution is -0.159. The fraction of sp³-hybridized carbons (Fsp3) is 0.471. The van der Waals surface area contributed by atoms with Crippen LogP contribution >= 0.6 is 0 Å². The molecular formula is C17H24O5S. The lowest BCUT2D eigenvalue weighted by atomic mass is 10.1. The van der Waals surface area contributed by atoms with Gasteiger partial charge in [0, 0.05) is 0 Å². The summed E-state index contributed by atoms with van der Waals surface area (Å²) in [5.41, 5.74) is -0.666. The molecule has 0 spiro atoms. The lowest BCUT2D eigenvalue weighted by Crippen LogP contribution is -2.32. The van der Waals surface area contributed by atoms with Crippen molar-refractivity contribution in [3.8, 4) is 5.75 Å². The average Bonchev–Trinajstić information content (AvgIpc) is 2.45. The van der Waals surface area contributed by atoms with Crippen molar-refractivity contribution in [1.29, 1.82) is 0 Å². The van der Waals surface area contributed by atoms with Crippen molar-refractivity contribution < 1.29 is 22.7 Å². The van der Waals surface area contributed by atoms with E-state index in [9.17, 15) is 13.2 Å². The summed E-state index contributed by atoms with van der Waals surface area (Å²) >= 11 is 0. The van der Waals surface area contributed by atoms with Crippen LogP contribution in [0.5, 0.6) is 5.75 Å². The van der Waals surface area contributed by atoms with Crippen LogP contribution in [0.1, 0.15) is 27.2 Å². The predicted octanol–water partition coefficient (Wildman–Crippen LogP) is 3.00. The summed E-state index contributed by atoms with van der Waals surface area (Å²) in [4.78, 5) is 12.4. The number of hydrogen-bond acceptors (Lipinski definition) is 5. The van der Waals surface area contributed by atoms with Gasteiger partial charge in [0.1, 0.15) is 11.4 Å². The van der Waals surface area contributed by atoms with Crippen LogP contribution in [0.25, 0.3) is 0 Å². The zero-order valence-corrected chi connectivity index (χ0v) is 14.9. The molecule has 0 saturated heterocycles. The molecule has 0 heterocycles. The quantitative estimate of drug-likeness (QED) is 0.564. The molecule has 128 valence electrons. The minimum atomic E-state index is -3.61. The van der Waals surface area contributed by atoms with Crippen LogP contribution in [0.2, 0.25) is 0 Å². The van der Waals surface area contributed by atoms with E-state index in [1.54, 1.807) is 32.9 Å². The molecule has 1 aromatic carbocycles. The maximum Gasteiger partial charge on any atom is 0.310 e. The Bertz CT molecular complexity index is 639. The molecule has 0 aliphatic carbocycles. The molecule has 1 aromatic rings. The molecule has 0 aliphatic rings. The standard InChI is InChI=1S/C17H24O5S/c1-6-7-13(16(18)22-17(2,3)4)12-23(19,20)15-10-8-14(21-5)9-11-15/h6,8-11,13H,1,7,12H2,2-5H3/t13-/m1/s1. The molecule has 0 saturated carbocycles. The number of esters is 1. The number of ether oxygens (including phenoxy) is 2. The van der Waals surface area contributed by atoms with Crippen molar-refractivity contribution in [3.63, 3.8) is 0 Å². The number of hydrogen-bond donors (Lipinski definition) is 0. The van der Waals surface area contributed by atoms with E-state index in [-0.39, 0.29) is 17.1 Å². The number of rotatable bonds is 7. The topological polar surface area (TPSA) is 69.7 Å². The molecular weight excluding hydrogens is 316 g/mol. The van der Waals surface area contributed by atoms with E-state index >= 15 is 0 Å². The highest BCUT2D eigenvalue weighted by Crippen LogP contribution is 2.22. The van der Waals surface area contributed by atoms with Gasteiger partial charge in [0.2, 0.25) is 0 Å². The molecule has 0 aromatic heterocycles. The molecule has 6 heteroatoms. The molecule has 0 bridgehead atoms. The van der Waals surface area contributed by atoms with E-state index < -0.39 is 27.3 Å². The van der Waals surface area contributed by atoms with Gasteiger partial charge in [-0.05, 0) is 51.5 Å². The fourth-order valence-corrected chi connectivity index (χ4v) is 3.51. The van der Waals surface area contributed by atoms with Gasteiger partial charge in [0.05, 0.1) is 23.7 Å². The third kappa shape index (κ3) is 6.06. The van der Waals surface area contributed by atoms with Gasteiger partial charge >= 0.3 is 5.97 Å². The van der Waals surface area contributed by atoms with Crippen molar-refractivity contribution in [1.82, 2.24) is 0 Å². The Hall–Kier alpha value is -1.82. The Balaban J connectivity index is 2.96. The van der Waals surface area contributed by atoms with E-state index in [2.05, 4.69) is 6.58 Å². The van der Waals surface area contributed by atoms with Crippen molar-refractivity contribution >= 4 is 15.8 Å². The third-order valence-electron chi connectivity index (χ3n) is 3.03. The van der Waals surface area contributed by atoms with Gasteiger partial charge in [-0.1, -0.05) is 6.08 Å². The van der Waals surface area contributed by atoms with E-state index in [0.29, 0.717) is 5.75 Å². The summed E-state index contributed by atoms with van der Waals surface area (Å²) in [5.74, 6) is -1.06. The maximum absolute atomic E-state index is 12.5. The van der Waals surface area contributed by atoms with E-state index in [1.165, 1.54) is 25.3 Å². The molecule has 0 fully saturated rings. The van der Waals surface area contributed by atoms with Gasteiger partial charge in [-0.2, -0.15) is 0 Å². The van der Waals surface area contributed by atoms with Crippen molar-refractivity contribution in [3.05, 3.63) is 36.9 Å². The molecule has 0 radical (unpaired) electrons. The van der Waals surface area contributed by atoms with Crippen molar-refractivity contribution in [2.45, 2.75) is 37.7 Å². The molecule has 23 heavy (non-hydrogen) atoms. The minimum Gasteiger partial charge on any atom is -0.497 e. The van der Waals surface area contributed by atoms with Crippen molar-refractivity contribution in [2.75, 3.05) is 12.9 Å². The fourth-order valence-electron chi connectivity index (χ4n) is 1.96. The number of carbonyl (C=O) groups is 1. The van der Waals surface area contributed by atoms with Gasteiger partial charge in [-0.25, -0.2) is 8.42 Å². The normalized spacial score (nSPS) is 13.2. The zero-order valence-electron chi connectivity index (χ0n) is 14.0. The molecule has 0 aliphatic heterocycles. The Morgan fingerprint density at radius 2 is 1.83 bits per heavy atom. The maximum atomic E-state index is 12.5. The summed E-state index contributed by atoms with van der Waals surface area (Å²) in [6.07, 6.45) is 1.77. The number of sulfone groups is 1. The first kappa shape index (κ1) is 19.2. The van der Waals surface area contributed by atoms with E-state index in [1.807, 2.05) is 0 Å².